The summed E-state index contributed by atoms with van der Waals surface area (Å²) >= 11 is 6.09. The van der Waals surface area contributed by atoms with Crippen molar-refractivity contribution in [3.63, 3.8) is 0 Å². The van der Waals surface area contributed by atoms with Crippen molar-refractivity contribution < 1.29 is 9.53 Å². The quantitative estimate of drug-likeness (QED) is 0.865. The van der Waals surface area contributed by atoms with Crippen molar-refractivity contribution in [2.75, 3.05) is 17.7 Å². The van der Waals surface area contributed by atoms with Gasteiger partial charge in [-0.25, -0.2) is 9.97 Å². The smallest absolute Gasteiger partial charge is 0.274 e. The molecule has 1 saturated carbocycles. The molecule has 0 unspecified atom stereocenters. The first-order valence-electron chi connectivity index (χ1n) is 7.74. The zero-order chi connectivity index (χ0) is 17.3. The Hall–Kier alpha value is -2.34. The first-order chi connectivity index (χ1) is 11.5. The zero-order valence-corrected chi connectivity index (χ0v) is 14.6. The minimum atomic E-state index is -0.320. The van der Waals surface area contributed by atoms with Crippen LogP contribution in [0, 0.1) is 13.8 Å². The molecular weight excluding hydrogens is 328 g/mol. The van der Waals surface area contributed by atoms with E-state index in [9.17, 15) is 4.79 Å². The molecule has 0 aliphatic heterocycles. The van der Waals surface area contributed by atoms with Crippen LogP contribution in [-0.4, -0.2) is 29.0 Å². The van der Waals surface area contributed by atoms with E-state index in [0.717, 1.165) is 18.4 Å². The second-order valence-electron chi connectivity index (χ2n) is 5.86. The lowest BCUT2D eigenvalue weighted by Gasteiger charge is -2.13. The first kappa shape index (κ1) is 16.5. The molecule has 7 heteroatoms. The number of anilines is 2. The molecule has 24 heavy (non-hydrogen) atoms. The number of benzene rings is 1. The van der Waals surface area contributed by atoms with E-state index in [0.29, 0.717) is 39.8 Å². The second kappa shape index (κ2) is 6.65. The highest BCUT2D eigenvalue weighted by Gasteiger charge is 2.22. The molecule has 0 bridgehead atoms. The Labute approximate surface area is 145 Å². The van der Waals surface area contributed by atoms with Crippen LogP contribution in [0.25, 0.3) is 0 Å². The van der Waals surface area contributed by atoms with Crippen molar-refractivity contribution in [2.45, 2.75) is 32.7 Å². The van der Waals surface area contributed by atoms with Gasteiger partial charge in [0.2, 0.25) is 0 Å². The van der Waals surface area contributed by atoms with Crippen LogP contribution in [0.4, 0.5) is 11.5 Å². The Morgan fingerprint density at radius 3 is 2.67 bits per heavy atom. The summed E-state index contributed by atoms with van der Waals surface area (Å²) in [4.78, 5) is 21.1. The Morgan fingerprint density at radius 2 is 2.00 bits per heavy atom. The van der Waals surface area contributed by atoms with E-state index >= 15 is 0 Å². The number of nitrogens with zero attached hydrogens (tertiary/aromatic N) is 2. The molecule has 1 aromatic carbocycles. The van der Waals surface area contributed by atoms with E-state index in [4.69, 9.17) is 16.3 Å². The average molecular weight is 347 g/mol. The number of carbonyl (C=O) groups is 1. The van der Waals surface area contributed by atoms with Crippen LogP contribution < -0.4 is 15.4 Å². The fourth-order valence-electron chi connectivity index (χ4n) is 2.31. The number of amides is 1. The van der Waals surface area contributed by atoms with Gasteiger partial charge in [0.25, 0.3) is 5.91 Å². The molecule has 0 spiro atoms. The van der Waals surface area contributed by atoms with Crippen molar-refractivity contribution in [3.05, 3.63) is 40.3 Å². The number of rotatable bonds is 5. The molecule has 2 aromatic rings. The minimum Gasteiger partial charge on any atom is -0.495 e. The van der Waals surface area contributed by atoms with Gasteiger partial charge in [-0.2, -0.15) is 0 Å². The standard InChI is InChI=1S/C17H19ClN4O2/c1-9-6-13(15(24-3)7-12(9)18)22-17(23)14-8-16(20-10(2)19-14)21-11-4-5-11/h6-8,11H,4-5H2,1-3H3,(H,22,23)(H,19,20,21). The van der Waals surface area contributed by atoms with Crippen molar-refractivity contribution in [3.8, 4) is 5.75 Å². The highest BCUT2D eigenvalue weighted by atomic mass is 35.5. The fraction of sp³-hybridized carbons (Fsp3) is 0.353. The van der Waals surface area contributed by atoms with Crippen LogP contribution in [0.3, 0.4) is 0 Å². The van der Waals surface area contributed by atoms with Crippen molar-refractivity contribution in [1.82, 2.24) is 9.97 Å². The Kier molecular flexibility index (Phi) is 4.57. The second-order valence-corrected chi connectivity index (χ2v) is 6.27. The van der Waals surface area contributed by atoms with Crippen molar-refractivity contribution in [2.24, 2.45) is 0 Å². The maximum absolute atomic E-state index is 12.6. The highest BCUT2D eigenvalue weighted by Crippen LogP contribution is 2.31. The zero-order valence-electron chi connectivity index (χ0n) is 13.8. The monoisotopic (exact) mass is 346 g/mol. The maximum atomic E-state index is 12.6. The van der Waals surface area contributed by atoms with Gasteiger partial charge in [-0.15, -0.1) is 0 Å². The van der Waals surface area contributed by atoms with Crippen LogP contribution in [0.15, 0.2) is 18.2 Å². The summed E-state index contributed by atoms with van der Waals surface area (Å²) in [6.45, 7) is 3.63. The van der Waals surface area contributed by atoms with Gasteiger partial charge in [0.05, 0.1) is 12.8 Å². The van der Waals surface area contributed by atoms with Gasteiger partial charge in [-0.05, 0) is 38.3 Å². The first-order valence-corrected chi connectivity index (χ1v) is 8.12. The number of hydrogen-bond donors (Lipinski definition) is 2. The number of aryl methyl sites for hydroxylation is 2. The normalized spacial score (nSPS) is 13.5. The van der Waals surface area contributed by atoms with Crippen LogP contribution >= 0.6 is 11.6 Å². The molecule has 0 saturated heterocycles. The van der Waals surface area contributed by atoms with E-state index in [2.05, 4.69) is 20.6 Å². The van der Waals surface area contributed by atoms with Crippen molar-refractivity contribution in [1.29, 1.82) is 0 Å². The average Bonchev–Trinajstić information content (AvgIpc) is 3.34. The summed E-state index contributed by atoms with van der Waals surface area (Å²) < 4.78 is 5.28. The molecule has 3 rings (SSSR count). The molecule has 1 heterocycles. The molecule has 0 radical (unpaired) electrons. The third-order valence-corrected chi connectivity index (χ3v) is 4.14. The predicted octanol–water partition coefficient (Wildman–Crippen LogP) is 3.58. The summed E-state index contributed by atoms with van der Waals surface area (Å²) in [5.74, 6) is 1.40. The molecule has 1 fully saturated rings. The summed E-state index contributed by atoms with van der Waals surface area (Å²) in [5, 5.41) is 6.69. The predicted molar refractivity (Wildman–Crippen MR) is 94.1 cm³/mol. The number of carbonyl (C=O) groups excluding carboxylic acids is 1. The van der Waals surface area contributed by atoms with Gasteiger partial charge in [0.15, 0.2) is 0 Å². The summed E-state index contributed by atoms with van der Waals surface area (Å²) in [5.41, 5.74) is 1.71. The number of aromatic nitrogens is 2. The molecule has 126 valence electrons. The summed E-state index contributed by atoms with van der Waals surface area (Å²) in [6, 6.07) is 5.57. The molecular formula is C17H19ClN4O2. The fourth-order valence-corrected chi connectivity index (χ4v) is 2.46. The van der Waals surface area contributed by atoms with Gasteiger partial charge in [0.1, 0.15) is 23.1 Å². The van der Waals surface area contributed by atoms with Gasteiger partial charge in [-0.1, -0.05) is 11.6 Å². The van der Waals surface area contributed by atoms with Crippen LogP contribution in [0.1, 0.15) is 34.7 Å². The van der Waals surface area contributed by atoms with Crippen LogP contribution in [0.2, 0.25) is 5.02 Å². The number of nitrogens with one attached hydrogen (secondary N) is 2. The number of ether oxygens (including phenoxy) is 1. The van der Waals surface area contributed by atoms with E-state index in [-0.39, 0.29) is 5.91 Å². The lowest BCUT2D eigenvalue weighted by atomic mass is 10.2. The van der Waals surface area contributed by atoms with Crippen LogP contribution in [-0.2, 0) is 0 Å². The van der Waals surface area contributed by atoms with E-state index in [1.54, 1.807) is 25.1 Å². The molecule has 0 atom stereocenters. The highest BCUT2D eigenvalue weighted by molar-refractivity contribution is 6.31. The van der Waals surface area contributed by atoms with E-state index in [1.165, 1.54) is 7.11 Å². The van der Waals surface area contributed by atoms with E-state index < -0.39 is 0 Å². The summed E-state index contributed by atoms with van der Waals surface area (Å²) in [7, 11) is 1.53. The number of methoxy groups -OCH3 is 1. The lowest BCUT2D eigenvalue weighted by molar-refractivity contribution is 0.102. The number of hydrogen-bond acceptors (Lipinski definition) is 5. The van der Waals surface area contributed by atoms with E-state index in [1.807, 2.05) is 6.92 Å². The van der Waals surface area contributed by atoms with Gasteiger partial charge >= 0.3 is 0 Å². The Bertz CT molecular complexity index is 790. The summed E-state index contributed by atoms with van der Waals surface area (Å²) in [6.07, 6.45) is 2.26. The molecule has 1 aliphatic carbocycles. The van der Waals surface area contributed by atoms with Gasteiger partial charge < -0.3 is 15.4 Å². The Balaban J connectivity index is 1.84. The van der Waals surface area contributed by atoms with Gasteiger partial charge in [-0.3, -0.25) is 4.79 Å². The largest absolute Gasteiger partial charge is 0.495 e. The third-order valence-electron chi connectivity index (χ3n) is 3.73. The van der Waals surface area contributed by atoms with Crippen LogP contribution in [0.5, 0.6) is 5.75 Å². The maximum Gasteiger partial charge on any atom is 0.274 e. The SMILES string of the molecule is COc1cc(Cl)c(C)cc1NC(=O)c1cc(NC2CC2)nc(C)n1. The molecule has 1 aliphatic rings. The Morgan fingerprint density at radius 1 is 1.25 bits per heavy atom. The minimum absolute atomic E-state index is 0.306. The number of halogens is 1. The molecule has 2 N–H and O–H groups in total. The topological polar surface area (TPSA) is 76.1 Å². The van der Waals surface area contributed by atoms with Gasteiger partial charge in [0, 0.05) is 23.2 Å². The third kappa shape index (κ3) is 3.76. The molecule has 1 amide bonds. The molecule has 1 aromatic heterocycles. The van der Waals surface area contributed by atoms with Crippen molar-refractivity contribution >= 4 is 29.0 Å². The molecule has 6 nitrogen and oxygen atoms in total. The lowest BCUT2D eigenvalue weighted by Crippen LogP contribution is -2.16.